The fourth-order valence-corrected chi connectivity index (χ4v) is 4.08. The van der Waals surface area contributed by atoms with Crippen molar-refractivity contribution < 1.29 is 22.8 Å². The van der Waals surface area contributed by atoms with Gasteiger partial charge >= 0.3 is 0 Å². The Morgan fingerprint density at radius 1 is 1.31 bits per heavy atom. The zero-order valence-corrected chi connectivity index (χ0v) is 14.9. The predicted molar refractivity (Wildman–Crippen MR) is 90.8 cm³/mol. The second-order valence-electron chi connectivity index (χ2n) is 6.01. The van der Waals surface area contributed by atoms with E-state index in [1.807, 2.05) is 6.07 Å². The molecule has 1 N–H and O–H groups in total. The molecule has 0 radical (unpaired) electrons. The number of nitrogens with one attached hydrogen (secondary N) is 1. The highest BCUT2D eigenvalue weighted by Gasteiger charge is 2.30. The zero-order chi connectivity index (χ0) is 18.6. The van der Waals surface area contributed by atoms with E-state index >= 15 is 0 Å². The molecule has 138 valence electrons. The highest BCUT2D eigenvalue weighted by atomic mass is 32.2. The Kier molecular flexibility index (Phi) is 5.68. The number of rotatable bonds is 5. The Bertz CT molecular complexity index is 836. The van der Waals surface area contributed by atoms with Crippen molar-refractivity contribution in [2.24, 2.45) is 0 Å². The third kappa shape index (κ3) is 4.11. The van der Waals surface area contributed by atoms with Crippen molar-refractivity contribution in [2.45, 2.75) is 30.4 Å². The van der Waals surface area contributed by atoms with Crippen LogP contribution in [0.15, 0.2) is 40.8 Å². The third-order valence-corrected chi connectivity index (χ3v) is 6.05. The zero-order valence-electron chi connectivity index (χ0n) is 14.1. The lowest BCUT2D eigenvalue weighted by molar-refractivity contribution is -0.198. The van der Waals surface area contributed by atoms with Crippen molar-refractivity contribution in [2.75, 3.05) is 19.7 Å². The summed E-state index contributed by atoms with van der Waals surface area (Å²) in [5, 5.41) is 8.80. The van der Waals surface area contributed by atoms with Gasteiger partial charge in [0.2, 0.25) is 10.0 Å². The van der Waals surface area contributed by atoms with Crippen molar-refractivity contribution in [3.63, 3.8) is 0 Å². The van der Waals surface area contributed by atoms with Crippen LogP contribution in [0.1, 0.15) is 24.8 Å². The molecule has 3 rings (SSSR count). The number of carbonyl (C=O) groups excluding carboxylic acids is 1. The van der Waals surface area contributed by atoms with Crippen molar-refractivity contribution >= 4 is 15.9 Å². The summed E-state index contributed by atoms with van der Waals surface area (Å²) < 4.78 is 31.8. The number of nitrogens with zero attached hydrogens (tertiary/aromatic N) is 2. The molecule has 0 bridgehead atoms. The second kappa shape index (κ2) is 7.97. The van der Waals surface area contributed by atoms with Crippen LogP contribution in [0, 0.1) is 11.3 Å². The number of benzene rings is 1. The highest BCUT2D eigenvalue weighted by molar-refractivity contribution is 7.89. The van der Waals surface area contributed by atoms with Crippen LogP contribution in [0.2, 0.25) is 0 Å². The van der Waals surface area contributed by atoms with Gasteiger partial charge in [-0.1, -0.05) is 6.08 Å². The van der Waals surface area contributed by atoms with E-state index < -0.39 is 22.2 Å². The summed E-state index contributed by atoms with van der Waals surface area (Å²) in [6.07, 6.45) is 3.74. The van der Waals surface area contributed by atoms with Gasteiger partial charge in [-0.05, 0) is 37.1 Å². The van der Waals surface area contributed by atoms with Gasteiger partial charge in [0.15, 0.2) is 6.29 Å². The molecule has 1 saturated heterocycles. The number of amides is 1. The first-order valence-electron chi connectivity index (χ1n) is 8.27. The van der Waals surface area contributed by atoms with E-state index in [9.17, 15) is 13.2 Å². The predicted octanol–water partition coefficient (Wildman–Crippen LogP) is 1.06. The van der Waals surface area contributed by atoms with Crippen LogP contribution < -0.4 is 5.48 Å². The maximum Gasteiger partial charge on any atom is 0.271 e. The first kappa shape index (κ1) is 18.5. The molecular formula is C17H19N3O5S. The molecule has 0 spiro atoms. The summed E-state index contributed by atoms with van der Waals surface area (Å²) in [5.74, 6) is -0.475. The molecule has 1 unspecified atom stereocenters. The van der Waals surface area contributed by atoms with Crippen LogP contribution in [-0.4, -0.2) is 44.6 Å². The summed E-state index contributed by atoms with van der Waals surface area (Å²) in [4.78, 5) is 17.5. The quantitative estimate of drug-likeness (QED) is 0.769. The maximum absolute atomic E-state index is 12.6. The fraction of sp³-hybridized carbons (Fsp3) is 0.412. The van der Waals surface area contributed by atoms with E-state index in [4.69, 9.17) is 14.8 Å². The largest absolute Gasteiger partial charge is 0.350 e. The fourth-order valence-electron chi connectivity index (χ4n) is 2.72. The monoisotopic (exact) mass is 377 g/mol. The molecular weight excluding hydrogens is 358 g/mol. The summed E-state index contributed by atoms with van der Waals surface area (Å²) in [5.41, 5.74) is 3.03. The highest BCUT2D eigenvalue weighted by Crippen LogP contribution is 2.21. The van der Waals surface area contributed by atoms with E-state index in [1.165, 1.54) is 28.6 Å². The van der Waals surface area contributed by atoms with E-state index in [2.05, 4.69) is 5.48 Å². The summed E-state index contributed by atoms with van der Waals surface area (Å²) in [6, 6.07) is 7.60. The molecule has 1 amide bonds. The topological polar surface area (TPSA) is 109 Å². The lowest BCUT2D eigenvalue weighted by Crippen LogP contribution is -2.36. The summed E-state index contributed by atoms with van der Waals surface area (Å²) in [7, 11) is -3.74. The molecule has 26 heavy (non-hydrogen) atoms. The van der Waals surface area contributed by atoms with Crippen LogP contribution in [-0.2, 0) is 24.4 Å². The number of carbonyl (C=O) groups is 1. The second-order valence-corrected chi connectivity index (χ2v) is 7.95. The maximum atomic E-state index is 12.6. The van der Waals surface area contributed by atoms with Gasteiger partial charge in [0, 0.05) is 31.7 Å². The van der Waals surface area contributed by atoms with Crippen molar-refractivity contribution in [3.8, 4) is 6.07 Å². The van der Waals surface area contributed by atoms with Gasteiger partial charge in [-0.25, -0.2) is 18.7 Å². The van der Waals surface area contributed by atoms with Gasteiger partial charge in [0.1, 0.15) is 0 Å². The van der Waals surface area contributed by atoms with E-state index in [1.54, 1.807) is 6.08 Å². The molecule has 0 aliphatic carbocycles. The molecule has 2 heterocycles. The average molecular weight is 377 g/mol. The van der Waals surface area contributed by atoms with Crippen LogP contribution in [0.25, 0.3) is 0 Å². The molecule has 1 fully saturated rings. The van der Waals surface area contributed by atoms with E-state index in [0.29, 0.717) is 24.2 Å². The molecule has 0 saturated carbocycles. The minimum absolute atomic E-state index is 0.0386. The van der Waals surface area contributed by atoms with Crippen LogP contribution in [0.4, 0.5) is 0 Å². The molecule has 1 atom stereocenters. The number of hydrogen-bond acceptors (Lipinski definition) is 6. The Morgan fingerprint density at radius 2 is 2.08 bits per heavy atom. The van der Waals surface area contributed by atoms with Crippen LogP contribution >= 0.6 is 0 Å². The lowest BCUT2D eigenvalue weighted by atomic mass is 10.2. The first-order valence-corrected chi connectivity index (χ1v) is 9.71. The third-order valence-electron chi connectivity index (χ3n) is 4.22. The van der Waals surface area contributed by atoms with E-state index in [0.717, 1.165) is 12.8 Å². The molecule has 1 aromatic carbocycles. The van der Waals surface area contributed by atoms with E-state index in [-0.39, 0.29) is 18.0 Å². The van der Waals surface area contributed by atoms with Gasteiger partial charge in [0.05, 0.1) is 16.5 Å². The van der Waals surface area contributed by atoms with Crippen molar-refractivity contribution in [1.29, 1.82) is 5.26 Å². The summed E-state index contributed by atoms with van der Waals surface area (Å²) in [6.45, 7) is 0.661. The molecule has 9 heteroatoms. The Morgan fingerprint density at radius 3 is 2.73 bits per heavy atom. The molecule has 8 nitrogen and oxygen atoms in total. The Labute approximate surface area is 152 Å². The van der Waals surface area contributed by atoms with Gasteiger partial charge in [-0.3, -0.25) is 4.79 Å². The van der Waals surface area contributed by atoms with Gasteiger partial charge in [-0.2, -0.15) is 9.57 Å². The number of hydroxylamine groups is 1. The lowest BCUT2D eigenvalue weighted by Gasteiger charge is -2.22. The normalized spacial score (nSPS) is 21.0. The molecule has 2 aliphatic rings. The van der Waals surface area contributed by atoms with Crippen LogP contribution in [0.5, 0.6) is 0 Å². The Hall–Kier alpha value is -2.25. The van der Waals surface area contributed by atoms with Gasteiger partial charge < -0.3 is 4.74 Å². The minimum atomic E-state index is -3.74. The number of hydrogen-bond donors (Lipinski definition) is 1. The molecule has 1 aromatic rings. The Balaban J connectivity index is 1.57. The average Bonchev–Trinajstić information content (AvgIpc) is 3.18. The number of sulfonamides is 1. The number of nitriles is 1. The van der Waals surface area contributed by atoms with Gasteiger partial charge in [-0.15, -0.1) is 0 Å². The molecule has 0 aromatic heterocycles. The SMILES string of the molecule is N#Cc1ccc(S(=O)(=O)N2CC=C(C(=O)NOC3CCCCO3)C2)cc1. The summed E-state index contributed by atoms with van der Waals surface area (Å²) >= 11 is 0. The van der Waals surface area contributed by atoms with Crippen LogP contribution in [0.3, 0.4) is 0 Å². The van der Waals surface area contributed by atoms with Gasteiger partial charge in [0.25, 0.3) is 5.91 Å². The van der Waals surface area contributed by atoms with Crippen molar-refractivity contribution in [1.82, 2.24) is 9.79 Å². The number of ether oxygens (including phenoxy) is 1. The molecule has 2 aliphatic heterocycles. The first-order chi connectivity index (χ1) is 12.5. The standard InChI is InChI=1S/C17H19N3O5S/c18-11-13-4-6-15(7-5-13)26(22,23)20-9-8-14(12-20)17(21)19-25-16-3-1-2-10-24-16/h4-8,16H,1-3,9-10,12H2,(H,19,21). The smallest absolute Gasteiger partial charge is 0.271 e. The van der Waals surface area contributed by atoms with Crippen molar-refractivity contribution in [3.05, 3.63) is 41.5 Å². The minimum Gasteiger partial charge on any atom is -0.350 e.